The molecule has 0 bridgehead atoms. The Hall–Kier alpha value is -3.97. The molecule has 4 aromatic rings. The van der Waals surface area contributed by atoms with Crippen molar-refractivity contribution in [2.24, 2.45) is 0 Å². The minimum atomic E-state index is -0.206. The first-order valence-corrected chi connectivity index (χ1v) is 11.0. The molecule has 1 amide bonds. The van der Waals surface area contributed by atoms with Gasteiger partial charge < -0.3 is 15.0 Å². The Morgan fingerprint density at radius 1 is 0.939 bits per heavy atom. The predicted octanol–water partition coefficient (Wildman–Crippen LogP) is 3.15. The first-order valence-electron chi connectivity index (χ1n) is 11.0. The lowest BCUT2D eigenvalue weighted by Gasteiger charge is -2.30. The van der Waals surface area contributed by atoms with Gasteiger partial charge in [0.05, 0.1) is 29.8 Å². The maximum atomic E-state index is 13.5. The van der Waals surface area contributed by atoms with Crippen LogP contribution in [0.4, 0.5) is 5.95 Å². The van der Waals surface area contributed by atoms with Gasteiger partial charge in [-0.25, -0.2) is 9.55 Å². The molecule has 0 saturated carbocycles. The summed E-state index contributed by atoms with van der Waals surface area (Å²) in [5.41, 5.74) is 2.58. The number of fused-ring (bicyclic) bond motifs is 1. The molecule has 0 radical (unpaired) electrons. The number of amides is 1. The van der Waals surface area contributed by atoms with E-state index in [1.54, 1.807) is 22.8 Å². The maximum absolute atomic E-state index is 13.5. The molecule has 0 unspecified atom stereocenters. The molecule has 5 rings (SSSR count). The van der Waals surface area contributed by atoms with Crippen molar-refractivity contribution in [2.75, 3.05) is 31.2 Å². The van der Waals surface area contributed by atoms with E-state index >= 15 is 0 Å². The molecule has 3 aromatic carbocycles. The summed E-state index contributed by atoms with van der Waals surface area (Å²) in [4.78, 5) is 33.2. The van der Waals surface area contributed by atoms with Gasteiger partial charge in [0.2, 0.25) is 5.95 Å². The Bertz CT molecular complexity index is 1330. The molecule has 0 spiro atoms. The maximum Gasteiger partial charge on any atom is 0.267 e. The van der Waals surface area contributed by atoms with Crippen LogP contribution >= 0.6 is 0 Å². The van der Waals surface area contributed by atoms with Gasteiger partial charge >= 0.3 is 0 Å². The molecule has 1 fully saturated rings. The Morgan fingerprint density at radius 3 is 2.36 bits per heavy atom. The largest absolute Gasteiger partial charge is 0.378 e. The van der Waals surface area contributed by atoms with Crippen molar-refractivity contribution in [1.82, 2.24) is 14.9 Å². The van der Waals surface area contributed by atoms with Crippen LogP contribution in [0.2, 0.25) is 0 Å². The number of anilines is 1. The van der Waals surface area contributed by atoms with Crippen molar-refractivity contribution >= 4 is 22.8 Å². The Morgan fingerprint density at radius 2 is 1.64 bits per heavy atom. The smallest absolute Gasteiger partial charge is 0.267 e. The van der Waals surface area contributed by atoms with Crippen LogP contribution in [-0.4, -0.2) is 41.8 Å². The number of rotatable bonds is 5. The molecule has 7 heteroatoms. The van der Waals surface area contributed by atoms with Gasteiger partial charge in [0.25, 0.3) is 11.5 Å². The summed E-state index contributed by atoms with van der Waals surface area (Å²) in [6.07, 6.45) is 0. The van der Waals surface area contributed by atoms with Crippen LogP contribution in [0.15, 0.2) is 83.7 Å². The summed E-state index contributed by atoms with van der Waals surface area (Å²) in [6, 6.07) is 24.3. The highest BCUT2D eigenvalue weighted by molar-refractivity contribution is 5.97. The molecule has 1 N–H and O–H groups in total. The molecule has 1 aliphatic rings. The van der Waals surface area contributed by atoms with E-state index < -0.39 is 0 Å². The zero-order valence-electron chi connectivity index (χ0n) is 18.1. The third-order valence-corrected chi connectivity index (χ3v) is 5.72. The van der Waals surface area contributed by atoms with Crippen LogP contribution in [0, 0.1) is 0 Å². The fourth-order valence-corrected chi connectivity index (χ4v) is 3.98. The fourth-order valence-electron chi connectivity index (χ4n) is 3.98. The molecule has 2 heterocycles. The number of para-hydroxylation sites is 1. The average Bonchev–Trinajstić information content (AvgIpc) is 2.88. The standard InChI is InChI=1S/C26H24N4O3/c31-24(27-18-19-7-3-1-4-8-19)20-11-12-22-23(17-20)28-26(29-13-15-33-16-14-29)30(25(22)32)21-9-5-2-6-10-21/h1-12,17H,13-16,18H2,(H,27,31). The number of carbonyl (C=O) groups excluding carboxylic acids is 1. The van der Waals surface area contributed by atoms with Gasteiger partial charge in [0.1, 0.15) is 0 Å². The van der Waals surface area contributed by atoms with Gasteiger partial charge in [-0.2, -0.15) is 0 Å². The predicted molar refractivity (Wildman–Crippen MR) is 128 cm³/mol. The zero-order chi connectivity index (χ0) is 22.6. The molecular weight excluding hydrogens is 416 g/mol. The molecule has 0 atom stereocenters. The minimum absolute atomic E-state index is 0.163. The molecule has 7 nitrogen and oxygen atoms in total. The van der Waals surface area contributed by atoms with Gasteiger partial charge in [-0.1, -0.05) is 48.5 Å². The number of ether oxygens (including phenoxy) is 1. The van der Waals surface area contributed by atoms with Crippen LogP contribution < -0.4 is 15.8 Å². The zero-order valence-corrected chi connectivity index (χ0v) is 18.1. The van der Waals surface area contributed by atoms with Crippen LogP contribution in [0.5, 0.6) is 0 Å². The third-order valence-electron chi connectivity index (χ3n) is 5.72. The number of morpholine rings is 1. The molecule has 0 aliphatic carbocycles. The normalized spacial score (nSPS) is 13.8. The summed E-state index contributed by atoms with van der Waals surface area (Å²) in [6.45, 7) is 2.86. The topological polar surface area (TPSA) is 76.5 Å². The van der Waals surface area contributed by atoms with E-state index in [2.05, 4.69) is 10.2 Å². The quantitative estimate of drug-likeness (QED) is 0.516. The van der Waals surface area contributed by atoms with E-state index in [0.29, 0.717) is 55.3 Å². The number of benzene rings is 3. The highest BCUT2D eigenvalue weighted by Gasteiger charge is 2.21. The summed E-state index contributed by atoms with van der Waals surface area (Å²) >= 11 is 0. The van der Waals surface area contributed by atoms with Crippen molar-refractivity contribution in [2.45, 2.75) is 6.54 Å². The van der Waals surface area contributed by atoms with Gasteiger partial charge in [-0.3, -0.25) is 9.59 Å². The Kier molecular flexibility index (Phi) is 5.87. The molecule has 1 saturated heterocycles. The van der Waals surface area contributed by atoms with Gasteiger partial charge in [-0.05, 0) is 35.9 Å². The van der Waals surface area contributed by atoms with E-state index in [4.69, 9.17) is 9.72 Å². The molecule has 1 aliphatic heterocycles. The highest BCUT2D eigenvalue weighted by Crippen LogP contribution is 2.21. The van der Waals surface area contributed by atoms with Crippen LogP contribution in [0.1, 0.15) is 15.9 Å². The monoisotopic (exact) mass is 440 g/mol. The fraction of sp³-hybridized carbons (Fsp3) is 0.192. The van der Waals surface area contributed by atoms with E-state index in [1.165, 1.54) is 0 Å². The lowest BCUT2D eigenvalue weighted by Crippen LogP contribution is -2.40. The number of carbonyl (C=O) groups is 1. The minimum Gasteiger partial charge on any atom is -0.378 e. The summed E-state index contributed by atoms with van der Waals surface area (Å²) in [5.74, 6) is 0.353. The van der Waals surface area contributed by atoms with E-state index in [0.717, 1.165) is 11.3 Å². The number of aromatic nitrogens is 2. The number of hydrogen-bond acceptors (Lipinski definition) is 5. The molecule has 1 aromatic heterocycles. The average molecular weight is 441 g/mol. The van der Waals surface area contributed by atoms with Crippen LogP contribution in [-0.2, 0) is 11.3 Å². The second kappa shape index (κ2) is 9.26. The Balaban J connectivity index is 1.54. The van der Waals surface area contributed by atoms with E-state index in [1.807, 2.05) is 60.7 Å². The summed E-state index contributed by atoms with van der Waals surface area (Å²) in [5, 5.41) is 3.40. The SMILES string of the molecule is O=C(NCc1ccccc1)c1ccc2c(=O)n(-c3ccccc3)c(N3CCOCC3)nc2c1. The molecular formula is C26H24N4O3. The third kappa shape index (κ3) is 4.36. The van der Waals surface area contributed by atoms with Crippen molar-refractivity contribution in [1.29, 1.82) is 0 Å². The first-order chi connectivity index (χ1) is 16.2. The second-order valence-electron chi connectivity index (χ2n) is 7.89. The second-order valence-corrected chi connectivity index (χ2v) is 7.89. The lowest BCUT2D eigenvalue weighted by atomic mass is 10.1. The number of nitrogens with one attached hydrogen (secondary N) is 1. The van der Waals surface area contributed by atoms with Gasteiger partial charge in [0.15, 0.2) is 0 Å². The van der Waals surface area contributed by atoms with Crippen molar-refractivity contribution < 1.29 is 9.53 Å². The summed E-state index contributed by atoms with van der Waals surface area (Å²) < 4.78 is 7.13. The summed E-state index contributed by atoms with van der Waals surface area (Å²) in [7, 11) is 0. The highest BCUT2D eigenvalue weighted by atomic mass is 16.5. The van der Waals surface area contributed by atoms with Crippen LogP contribution in [0.25, 0.3) is 16.6 Å². The lowest BCUT2D eigenvalue weighted by molar-refractivity contribution is 0.0951. The van der Waals surface area contributed by atoms with Gasteiger partial charge in [-0.15, -0.1) is 0 Å². The molecule has 166 valence electrons. The molecule has 33 heavy (non-hydrogen) atoms. The number of hydrogen-bond donors (Lipinski definition) is 1. The first kappa shape index (κ1) is 20.9. The van der Waals surface area contributed by atoms with Crippen LogP contribution in [0.3, 0.4) is 0 Å². The van der Waals surface area contributed by atoms with Crippen molar-refractivity contribution in [3.8, 4) is 5.69 Å². The Labute approximate surface area is 191 Å². The van der Waals surface area contributed by atoms with Gasteiger partial charge in [0, 0.05) is 25.2 Å². The van der Waals surface area contributed by atoms with E-state index in [-0.39, 0.29) is 11.5 Å². The van der Waals surface area contributed by atoms with Crippen molar-refractivity contribution in [3.63, 3.8) is 0 Å². The van der Waals surface area contributed by atoms with Crippen molar-refractivity contribution in [3.05, 3.63) is 100 Å². The van der Waals surface area contributed by atoms with E-state index in [9.17, 15) is 9.59 Å². The number of nitrogens with zero attached hydrogens (tertiary/aromatic N) is 3.